The summed E-state index contributed by atoms with van der Waals surface area (Å²) in [5.74, 6) is -0.317. The maximum absolute atomic E-state index is 12.8. The van der Waals surface area contributed by atoms with E-state index in [1.54, 1.807) is 6.07 Å². The van der Waals surface area contributed by atoms with Crippen molar-refractivity contribution < 1.29 is 18.0 Å². The van der Waals surface area contributed by atoms with Crippen molar-refractivity contribution in [2.45, 2.75) is 25.9 Å². The molecule has 3 nitrogen and oxygen atoms in total. The zero-order chi connectivity index (χ0) is 16.3. The number of rotatable bonds is 4. The van der Waals surface area contributed by atoms with Crippen molar-refractivity contribution in [3.63, 3.8) is 0 Å². The lowest BCUT2D eigenvalue weighted by molar-refractivity contribution is -0.137. The summed E-state index contributed by atoms with van der Waals surface area (Å²) in [6.07, 6.45) is -4.36. The van der Waals surface area contributed by atoms with Crippen molar-refractivity contribution in [3.8, 4) is 0 Å². The molecule has 122 valence electrons. The molecular formula is C16H21F3N2O. The van der Waals surface area contributed by atoms with Crippen LogP contribution in [-0.2, 0) is 11.0 Å². The lowest BCUT2D eigenvalue weighted by Crippen LogP contribution is -2.36. The number of carbonyl (C=O) groups excluding carboxylic acids is 1. The molecule has 6 heteroatoms. The minimum absolute atomic E-state index is 0.0962. The summed E-state index contributed by atoms with van der Waals surface area (Å²) in [6.45, 7) is 5.57. The number of halogens is 3. The fourth-order valence-electron chi connectivity index (χ4n) is 2.69. The van der Waals surface area contributed by atoms with Crippen LogP contribution in [0.5, 0.6) is 0 Å². The highest BCUT2D eigenvalue weighted by Gasteiger charge is 2.36. The Kier molecular flexibility index (Phi) is 5.11. The Morgan fingerprint density at radius 1 is 1.36 bits per heavy atom. The molecule has 0 radical (unpaired) electrons. The summed E-state index contributed by atoms with van der Waals surface area (Å²) >= 11 is 0. The number of alkyl halides is 3. The predicted molar refractivity (Wildman–Crippen MR) is 78.4 cm³/mol. The van der Waals surface area contributed by atoms with Crippen LogP contribution in [0.15, 0.2) is 24.3 Å². The second-order valence-corrected chi connectivity index (χ2v) is 6.13. The molecule has 1 amide bonds. The van der Waals surface area contributed by atoms with Gasteiger partial charge in [0.05, 0.1) is 11.5 Å². The number of carbonyl (C=O) groups is 1. The van der Waals surface area contributed by atoms with E-state index < -0.39 is 11.7 Å². The predicted octanol–water partition coefficient (Wildman–Crippen LogP) is 2.78. The van der Waals surface area contributed by atoms with E-state index in [0.717, 1.165) is 12.1 Å². The Balaban J connectivity index is 2.15. The average Bonchev–Trinajstić information content (AvgIpc) is 2.93. The molecule has 0 spiro atoms. The van der Waals surface area contributed by atoms with Gasteiger partial charge in [-0.3, -0.25) is 4.79 Å². The van der Waals surface area contributed by atoms with Gasteiger partial charge < -0.3 is 10.6 Å². The first-order valence-electron chi connectivity index (χ1n) is 7.44. The Morgan fingerprint density at radius 2 is 2.09 bits per heavy atom. The fraction of sp³-hybridized carbons (Fsp3) is 0.562. The number of amides is 1. The first-order valence-corrected chi connectivity index (χ1v) is 7.44. The molecule has 1 saturated heterocycles. The van der Waals surface area contributed by atoms with Gasteiger partial charge in [0.1, 0.15) is 0 Å². The van der Waals surface area contributed by atoms with Crippen LogP contribution in [0.25, 0.3) is 0 Å². The van der Waals surface area contributed by atoms with Gasteiger partial charge in [0.2, 0.25) is 5.91 Å². The summed E-state index contributed by atoms with van der Waals surface area (Å²) < 4.78 is 38.5. The van der Waals surface area contributed by atoms with Crippen molar-refractivity contribution in [2.75, 3.05) is 19.6 Å². The molecule has 2 rings (SSSR count). The molecule has 1 fully saturated rings. The van der Waals surface area contributed by atoms with Crippen molar-refractivity contribution in [3.05, 3.63) is 35.4 Å². The number of hydrogen-bond donors (Lipinski definition) is 2. The highest BCUT2D eigenvalue weighted by molar-refractivity contribution is 5.80. The largest absolute Gasteiger partial charge is 0.416 e. The van der Waals surface area contributed by atoms with Crippen molar-refractivity contribution >= 4 is 5.91 Å². The molecule has 1 aromatic rings. The quantitative estimate of drug-likeness (QED) is 0.897. The minimum atomic E-state index is -4.36. The summed E-state index contributed by atoms with van der Waals surface area (Å²) in [5, 5.41) is 5.97. The highest BCUT2D eigenvalue weighted by Crippen LogP contribution is 2.34. The summed E-state index contributed by atoms with van der Waals surface area (Å²) in [6, 6.07) is 5.27. The summed E-state index contributed by atoms with van der Waals surface area (Å²) in [4.78, 5) is 12.2. The van der Waals surface area contributed by atoms with Crippen LogP contribution in [0.4, 0.5) is 13.2 Å². The van der Waals surface area contributed by atoms with Gasteiger partial charge in [-0.15, -0.1) is 0 Å². The smallest absolute Gasteiger partial charge is 0.356 e. The molecule has 1 aromatic carbocycles. The zero-order valence-electron chi connectivity index (χ0n) is 12.7. The normalized spacial score (nSPS) is 22.1. The van der Waals surface area contributed by atoms with Crippen molar-refractivity contribution in [1.29, 1.82) is 0 Å². The molecule has 1 aliphatic rings. The molecule has 2 atom stereocenters. The fourth-order valence-corrected chi connectivity index (χ4v) is 2.69. The second kappa shape index (κ2) is 6.69. The average molecular weight is 314 g/mol. The molecule has 2 N–H and O–H groups in total. The van der Waals surface area contributed by atoms with E-state index in [2.05, 4.69) is 10.6 Å². The summed E-state index contributed by atoms with van der Waals surface area (Å²) in [5.41, 5.74) is -0.109. The van der Waals surface area contributed by atoms with E-state index in [1.165, 1.54) is 6.07 Å². The van der Waals surface area contributed by atoms with Crippen molar-refractivity contribution in [2.24, 2.45) is 11.8 Å². The van der Waals surface area contributed by atoms with Crippen LogP contribution >= 0.6 is 0 Å². The summed E-state index contributed by atoms with van der Waals surface area (Å²) in [7, 11) is 0. The lowest BCUT2D eigenvalue weighted by Gasteiger charge is -2.20. The standard InChI is InChI=1S/C16H21F3N2O/c1-10(2)7-21-15(22)14-9-20-8-13(14)11-4-3-5-12(6-11)16(17,18)19/h3-6,10,13-14,20H,7-9H2,1-2H3,(H,21,22). The van der Waals surface area contributed by atoms with E-state index >= 15 is 0 Å². The Bertz CT molecular complexity index is 528. The molecule has 0 aromatic heterocycles. The monoisotopic (exact) mass is 314 g/mol. The third-order valence-corrected chi connectivity index (χ3v) is 3.88. The first kappa shape index (κ1) is 16.8. The number of benzene rings is 1. The molecule has 1 aliphatic heterocycles. The topological polar surface area (TPSA) is 41.1 Å². The zero-order valence-corrected chi connectivity index (χ0v) is 12.7. The van der Waals surface area contributed by atoms with Crippen LogP contribution < -0.4 is 10.6 Å². The second-order valence-electron chi connectivity index (χ2n) is 6.13. The molecule has 1 heterocycles. The Hall–Kier alpha value is -1.56. The van der Waals surface area contributed by atoms with E-state index in [-0.39, 0.29) is 17.7 Å². The van der Waals surface area contributed by atoms with Crippen LogP contribution in [0.3, 0.4) is 0 Å². The van der Waals surface area contributed by atoms with E-state index in [9.17, 15) is 18.0 Å². The molecule has 0 aliphatic carbocycles. The van der Waals surface area contributed by atoms with Crippen molar-refractivity contribution in [1.82, 2.24) is 10.6 Å². The molecule has 0 saturated carbocycles. The van der Waals surface area contributed by atoms with Crippen LogP contribution in [0.2, 0.25) is 0 Å². The van der Waals surface area contributed by atoms with Gasteiger partial charge in [-0.25, -0.2) is 0 Å². The number of hydrogen-bond acceptors (Lipinski definition) is 2. The van der Waals surface area contributed by atoms with Crippen LogP contribution in [-0.4, -0.2) is 25.5 Å². The van der Waals surface area contributed by atoms with Gasteiger partial charge in [-0.05, 0) is 17.5 Å². The maximum atomic E-state index is 12.8. The maximum Gasteiger partial charge on any atom is 0.416 e. The third-order valence-electron chi connectivity index (χ3n) is 3.88. The van der Waals surface area contributed by atoms with Gasteiger partial charge in [0.25, 0.3) is 0 Å². The van der Waals surface area contributed by atoms with Gasteiger partial charge >= 0.3 is 6.18 Å². The van der Waals surface area contributed by atoms with E-state index in [1.807, 2.05) is 13.8 Å². The lowest BCUT2D eigenvalue weighted by atomic mass is 9.87. The molecule has 2 unspecified atom stereocenters. The third kappa shape index (κ3) is 4.00. The Labute approximate surface area is 128 Å². The highest BCUT2D eigenvalue weighted by atomic mass is 19.4. The molecule has 22 heavy (non-hydrogen) atoms. The van der Waals surface area contributed by atoms with Gasteiger partial charge in [-0.1, -0.05) is 32.0 Å². The van der Waals surface area contributed by atoms with Gasteiger partial charge in [0.15, 0.2) is 0 Å². The first-order chi connectivity index (χ1) is 10.3. The minimum Gasteiger partial charge on any atom is -0.356 e. The van der Waals surface area contributed by atoms with Gasteiger partial charge in [0, 0.05) is 25.6 Å². The van der Waals surface area contributed by atoms with E-state index in [0.29, 0.717) is 31.1 Å². The molecule has 0 bridgehead atoms. The van der Waals surface area contributed by atoms with Crippen LogP contribution in [0.1, 0.15) is 30.9 Å². The van der Waals surface area contributed by atoms with Crippen LogP contribution in [0, 0.1) is 11.8 Å². The van der Waals surface area contributed by atoms with E-state index in [4.69, 9.17) is 0 Å². The molecular weight excluding hydrogens is 293 g/mol. The Morgan fingerprint density at radius 3 is 2.73 bits per heavy atom. The number of nitrogens with one attached hydrogen (secondary N) is 2. The SMILES string of the molecule is CC(C)CNC(=O)C1CNCC1c1cccc(C(F)(F)F)c1. The van der Waals surface area contributed by atoms with Gasteiger partial charge in [-0.2, -0.15) is 13.2 Å².